The summed E-state index contributed by atoms with van der Waals surface area (Å²) < 4.78 is 1.53. The first-order valence-electron chi connectivity index (χ1n) is 12.0. The molecule has 2 aliphatic rings. The average Bonchev–Trinajstić information content (AvgIpc) is 3.52. The molecular formula is C24H33N7O4. The van der Waals surface area contributed by atoms with E-state index in [1.165, 1.54) is 23.9 Å². The molecule has 0 saturated heterocycles. The van der Waals surface area contributed by atoms with Crippen LogP contribution in [0.4, 0.5) is 17.3 Å². The SMILES string of the molecule is CC.CCC1(CC)NC(=O)c2c(C)cc(Nc3cc(NC(=O)C4CC4NC(C)=O)ncn3)c(=O)n21. The molecule has 11 heteroatoms. The van der Waals surface area contributed by atoms with Crippen molar-refractivity contribution in [3.05, 3.63) is 40.1 Å². The van der Waals surface area contributed by atoms with Crippen molar-refractivity contribution in [3.63, 3.8) is 0 Å². The van der Waals surface area contributed by atoms with Crippen LogP contribution in [0.15, 0.2) is 23.3 Å². The standard InChI is InChI=1S/C22H27N7O4.C2H6/c1-5-22(6-2)28-20(32)18-11(3)7-15(21(33)29(18)22)26-16-9-17(24-10-23-16)27-19(31)13-8-14(13)25-12(4)30;1-2/h7,9-10,13-14H,5-6,8H2,1-4H3,(H,25,30)(H,28,32)(H2,23,24,26,27,31);1-2H3. The van der Waals surface area contributed by atoms with Crippen LogP contribution in [0.25, 0.3) is 0 Å². The van der Waals surface area contributed by atoms with Gasteiger partial charge >= 0.3 is 0 Å². The molecule has 3 heterocycles. The zero-order chi connectivity index (χ0) is 25.9. The monoisotopic (exact) mass is 483 g/mol. The van der Waals surface area contributed by atoms with Gasteiger partial charge in [0, 0.05) is 19.0 Å². The van der Waals surface area contributed by atoms with Gasteiger partial charge in [0.2, 0.25) is 11.8 Å². The fourth-order valence-electron chi connectivity index (χ4n) is 4.35. The number of aromatic nitrogens is 3. The van der Waals surface area contributed by atoms with Crippen LogP contribution >= 0.6 is 0 Å². The van der Waals surface area contributed by atoms with E-state index in [0.29, 0.717) is 36.3 Å². The number of hydrogen-bond acceptors (Lipinski definition) is 7. The topological polar surface area (TPSA) is 147 Å². The molecule has 1 fully saturated rings. The molecule has 1 aliphatic carbocycles. The Balaban J connectivity index is 0.00000167. The summed E-state index contributed by atoms with van der Waals surface area (Å²) in [6, 6.07) is 2.99. The van der Waals surface area contributed by atoms with Crippen LogP contribution in [0.1, 0.15) is 69.9 Å². The number of carbonyl (C=O) groups excluding carboxylic acids is 3. The minimum absolute atomic E-state index is 0.162. The van der Waals surface area contributed by atoms with Gasteiger partial charge in [-0.3, -0.25) is 23.7 Å². The largest absolute Gasteiger partial charge is 0.353 e. The number of aryl methyl sites for hydroxylation is 1. The van der Waals surface area contributed by atoms with Gasteiger partial charge in [-0.1, -0.05) is 27.7 Å². The highest BCUT2D eigenvalue weighted by Crippen LogP contribution is 2.32. The van der Waals surface area contributed by atoms with Crippen LogP contribution < -0.4 is 26.8 Å². The minimum atomic E-state index is -0.772. The minimum Gasteiger partial charge on any atom is -0.353 e. The van der Waals surface area contributed by atoms with Crippen molar-refractivity contribution in [1.29, 1.82) is 0 Å². The van der Waals surface area contributed by atoms with Gasteiger partial charge in [-0.05, 0) is 37.8 Å². The Hall–Kier alpha value is -3.76. The fraction of sp³-hybridized carbons (Fsp3) is 0.500. The van der Waals surface area contributed by atoms with Gasteiger partial charge in [-0.2, -0.15) is 0 Å². The molecular weight excluding hydrogens is 450 g/mol. The molecule has 4 rings (SSSR count). The highest BCUT2D eigenvalue weighted by molar-refractivity contribution is 5.97. The summed E-state index contributed by atoms with van der Waals surface area (Å²) >= 11 is 0. The molecule has 11 nitrogen and oxygen atoms in total. The molecule has 0 radical (unpaired) electrons. The third-order valence-corrected chi connectivity index (χ3v) is 6.25. The Morgan fingerprint density at radius 2 is 1.80 bits per heavy atom. The van der Waals surface area contributed by atoms with Gasteiger partial charge in [0.25, 0.3) is 11.5 Å². The lowest BCUT2D eigenvalue weighted by molar-refractivity contribution is -0.119. The van der Waals surface area contributed by atoms with Crippen molar-refractivity contribution in [2.75, 3.05) is 10.6 Å². The van der Waals surface area contributed by atoms with Gasteiger partial charge in [-0.25, -0.2) is 9.97 Å². The lowest BCUT2D eigenvalue weighted by Gasteiger charge is -2.29. The van der Waals surface area contributed by atoms with Crippen LogP contribution in [-0.4, -0.2) is 38.3 Å². The van der Waals surface area contributed by atoms with Gasteiger partial charge < -0.3 is 21.3 Å². The molecule has 188 valence electrons. The van der Waals surface area contributed by atoms with E-state index in [1.54, 1.807) is 13.0 Å². The van der Waals surface area contributed by atoms with Gasteiger partial charge in [0.1, 0.15) is 35.0 Å². The first-order chi connectivity index (χ1) is 16.7. The van der Waals surface area contributed by atoms with E-state index in [4.69, 9.17) is 0 Å². The number of pyridine rings is 1. The van der Waals surface area contributed by atoms with Crippen molar-refractivity contribution in [1.82, 2.24) is 25.2 Å². The zero-order valence-electron chi connectivity index (χ0n) is 21.0. The second kappa shape index (κ2) is 10.2. The van der Waals surface area contributed by atoms with Crippen LogP contribution in [-0.2, 0) is 15.3 Å². The van der Waals surface area contributed by atoms with E-state index >= 15 is 0 Å². The summed E-state index contributed by atoms with van der Waals surface area (Å²) in [6.07, 6.45) is 2.99. The number of amides is 3. The Bertz CT molecular complexity index is 1200. The second-order valence-electron chi connectivity index (χ2n) is 8.47. The lowest BCUT2D eigenvalue weighted by Crippen LogP contribution is -2.46. The summed E-state index contributed by atoms with van der Waals surface area (Å²) in [7, 11) is 0. The van der Waals surface area contributed by atoms with Crippen molar-refractivity contribution in [2.45, 2.75) is 72.5 Å². The molecule has 2 atom stereocenters. The fourth-order valence-corrected chi connectivity index (χ4v) is 4.35. The molecule has 0 aromatic carbocycles. The van der Waals surface area contributed by atoms with E-state index < -0.39 is 5.66 Å². The van der Waals surface area contributed by atoms with Crippen molar-refractivity contribution in [2.24, 2.45) is 5.92 Å². The Morgan fingerprint density at radius 1 is 1.14 bits per heavy atom. The molecule has 3 amide bonds. The highest BCUT2D eigenvalue weighted by Gasteiger charge is 2.44. The van der Waals surface area contributed by atoms with E-state index in [9.17, 15) is 19.2 Å². The summed E-state index contributed by atoms with van der Waals surface area (Å²) in [5, 5.41) is 11.4. The molecule has 2 aromatic heterocycles. The van der Waals surface area contributed by atoms with Gasteiger partial charge in [-0.15, -0.1) is 0 Å². The molecule has 4 N–H and O–H groups in total. The van der Waals surface area contributed by atoms with Gasteiger partial charge in [0.05, 0.1) is 5.92 Å². The maximum Gasteiger partial charge on any atom is 0.276 e. The van der Waals surface area contributed by atoms with Crippen LogP contribution in [0.2, 0.25) is 0 Å². The molecule has 2 unspecified atom stereocenters. The predicted octanol–water partition coefficient (Wildman–Crippen LogP) is 2.40. The first kappa shape index (κ1) is 25.9. The highest BCUT2D eigenvalue weighted by atomic mass is 16.2. The van der Waals surface area contributed by atoms with E-state index in [2.05, 4.69) is 31.2 Å². The quantitative estimate of drug-likeness (QED) is 0.473. The van der Waals surface area contributed by atoms with Crippen LogP contribution in [0.3, 0.4) is 0 Å². The summed E-state index contributed by atoms with van der Waals surface area (Å²) in [6.45, 7) is 11.0. The van der Waals surface area contributed by atoms with Crippen LogP contribution in [0.5, 0.6) is 0 Å². The van der Waals surface area contributed by atoms with Crippen molar-refractivity contribution >= 4 is 35.0 Å². The zero-order valence-corrected chi connectivity index (χ0v) is 21.0. The summed E-state index contributed by atoms with van der Waals surface area (Å²) in [5.41, 5.74) is 0.188. The summed E-state index contributed by atoms with van der Waals surface area (Å²) in [5.74, 6) is -0.381. The third-order valence-electron chi connectivity index (χ3n) is 6.25. The number of hydrogen-bond donors (Lipinski definition) is 4. The number of rotatable bonds is 7. The van der Waals surface area contributed by atoms with E-state index in [0.717, 1.165) is 0 Å². The van der Waals surface area contributed by atoms with Gasteiger partial charge in [0.15, 0.2) is 0 Å². The third kappa shape index (κ3) is 5.03. The normalized spacial score (nSPS) is 19.0. The van der Waals surface area contributed by atoms with Crippen LogP contribution in [0, 0.1) is 12.8 Å². The van der Waals surface area contributed by atoms with Crippen molar-refractivity contribution in [3.8, 4) is 0 Å². The molecule has 0 spiro atoms. The van der Waals surface area contributed by atoms with E-state index in [-0.39, 0.29) is 46.7 Å². The number of carbonyl (C=O) groups is 3. The molecule has 1 saturated carbocycles. The number of nitrogens with zero attached hydrogens (tertiary/aromatic N) is 3. The Morgan fingerprint density at radius 3 is 2.43 bits per heavy atom. The lowest BCUT2D eigenvalue weighted by atomic mass is 10.0. The Labute approximate surface area is 204 Å². The predicted molar refractivity (Wildman–Crippen MR) is 132 cm³/mol. The Kier molecular flexibility index (Phi) is 7.57. The number of nitrogens with one attached hydrogen (secondary N) is 4. The smallest absolute Gasteiger partial charge is 0.276 e. The second-order valence-corrected chi connectivity index (χ2v) is 8.47. The molecule has 2 aromatic rings. The molecule has 35 heavy (non-hydrogen) atoms. The number of fused-ring (bicyclic) bond motifs is 1. The first-order valence-corrected chi connectivity index (χ1v) is 12.0. The van der Waals surface area contributed by atoms with Crippen molar-refractivity contribution < 1.29 is 14.4 Å². The maximum atomic E-state index is 13.3. The number of anilines is 3. The average molecular weight is 484 g/mol. The maximum absolute atomic E-state index is 13.3. The van der Waals surface area contributed by atoms with E-state index in [1.807, 2.05) is 27.7 Å². The molecule has 1 aliphatic heterocycles. The summed E-state index contributed by atoms with van der Waals surface area (Å²) in [4.78, 5) is 57.6. The molecule has 0 bridgehead atoms.